The zero-order valence-electron chi connectivity index (χ0n) is 15.6. The maximum Gasteiger partial charge on any atom is 0.222 e. The molecule has 5 nitrogen and oxygen atoms in total. The molecule has 1 amide bonds. The third-order valence-electron chi connectivity index (χ3n) is 5.06. The van der Waals surface area contributed by atoms with Crippen LogP contribution in [0.5, 0.6) is 0 Å². The zero-order valence-corrected chi connectivity index (χ0v) is 15.6. The topological polar surface area (TPSA) is 41.4 Å². The quantitative estimate of drug-likeness (QED) is 0.732. The summed E-state index contributed by atoms with van der Waals surface area (Å²) in [5, 5.41) is 4.19. The van der Waals surface area contributed by atoms with E-state index in [9.17, 15) is 4.79 Å². The van der Waals surface area contributed by atoms with Crippen molar-refractivity contribution in [3.05, 3.63) is 54.4 Å². The summed E-state index contributed by atoms with van der Waals surface area (Å²) in [7, 11) is 0. The Hall–Kier alpha value is -2.14. The molecule has 2 heterocycles. The second-order valence-electron chi connectivity index (χ2n) is 7.04. The number of rotatable bonds is 8. The van der Waals surface area contributed by atoms with Gasteiger partial charge in [-0.2, -0.15) is 5.10 Å². The van der Waals surface area contributed by atoms with Crippen LogP contribution in [0.1, 0.15) is 31.2 Å². The van der Waals surface area contributed by atoms with E-state index in [2.05, 4.69) is 45.2 Å². The van der Waals surface area contributed by atoms with E-state index in [0.29, 0.717) is 12.3 Å². The van der Waals surface area contributed by atoms with E-state index in [1.807, 2.05) is 16.9 Å². The van der Waals surface area contributed by atoms with Gasteiger partial charge in [0, 0.05) is 45.0 Å². The molecule has 0 bridgehead atoms. The molecule has 5 heteroatoms. The molecule has 0 atom stereocenters. The molecule has 0 saturated carbocycles. The molecule has 0 radical (unpaired) electrons. The van der Waals surface area contributed by atoms with Crippen LogP contribution in [0.15, 0.2) is 48.8 Å². The number of amides is 1. The van der Waals surface area contributed by atoms with Gasteiger partial charge in [-0.3, -0.25) is 9.48 Å². The maximum absolute atomic E-state index is 12.5. The molecule has 1 aromatic heterocycles. The molecule has 0 aliphatic carbocycles. The smallest absolute Gasteiger partial charge is 0.222 e. The van der Waals surface area contributed by atoms with Gasteiger partial charge in [-0.15, -0.1) is 0 Å². The predicted octanol–water partition coefficient (Wildman–Crippen LogP) is 2.83. The number of aromatic nitrogens is 2. The van der Waals surface area contributed by atoms with Crippen LogP contribution in [0.25, 0.3) is 0 Å². The van der Waals surface area contributed by atoms with Crippen molar-refractivity contribution in [3.63, 3.8) is 0 Å². The van der Waals surface area contributed by atoms with E-state index in [1.54, 1.807) is 6.20 Å². The Morgan fingerprint density at radius 2 is 1.85 bits per heavy atom. The first-order chi connectivity index (χ1) is 12.8. The summed E-state index contributed by atoms with van der Waals surface area (Å²) in [5.41, 5.74) is 1.41. The van der Waals surface area contributed by atoms with Crippen LogP contribution in [0.2, 0.25) is 0 Å². The standard InChI is InChI=1S/C21H30N4O/c26-21(11-5-16-25-17-6-12-22-25)24-15-7-14-23(18-19-24)13-4-10-20-8-2-1-3-9-20/h1-3,6,8-9,12,17H,4-5,7,10-11,13-16,18-19H2. The van der Waals surface area contributed by atoms with Crippen molar-refractivity contribution in [2.24, 2.45) is 0 Å². The summed E-state index contributed by atoms with van der Waals surface area (Å²) in [5.74, 6) is 0.295. The van der Waals surface area contributed by atoms with Crippen LogP contribution < -0.4 is 0 Å². The number of carbonyl (C=O) groups excluding carboxylic acids is 1. The Labute approximate surface area is 156 Å². The van der Waals surface area contributed by atoms with Gasteiger partial charge in [-0.25, -0.2) is 0 Å². The van der Waals surface area contributed by atoms with Crippen molar-refractivity contribution < 1.29 is 4.79 Å². The van der Waals surface area contributed by atoms with E-state index in [0.717, 1.165) is 58.5 Å². The molecule has 140 valence electrons. The summed E-state index contributed by atoms with van der Waals surface area (Å²) in [6.45, 7) is 5.81. The van der Waals surface area contributed by atoms with Crippen molar-refractivity contribution in [2.45, 2.75) is 38.6 Å². The minimum atomic E-state index is 0.295. The minimum absolute atomic E-state index is 0.295. The Bertz CT molecular complexity index is 641. The van der Waals surface area contributed by atoms with Crippen molar-refractivity contribution >= 4 is 5.91 Å². The van der Waals surface area contributed by atoms with Gasteiger partial charge in [-0.1, -0.05) is 30.3 Å². The molecule has 1 fully saturated rings. The third-order valence-corrected chi connectivity index (χ3v) is 5.06. The Balaban J connectivity index is 1.33. The van der Waals surface area contributed by atoms with Gasteiger partial charge < -0.3 is 9.80 Å². The van der Waals surface area contributed by atoms with Gasteiger partial charge in [0.1, 0.15) is 0 Å². The Morgan fingerprint density at radius 1 is 0.962 bits per heavy atom. The van der Waals surface area contributed by atoms with E-state index in [-0.39, 0.29) is 0 Å². The summed E-state index contributed by atoms with van der Waals surface area (Å²) in [4.78, 5) is 17.0. The lowest BCUT2D eigenvalue weighted by atomic mass is 10.1. The second-order valence-corrected chi connectivity index (χ2v) is 7.04. The lowest BCUT2D eigenvalue weighted by Crippen LogP contribution is -2.35. The Kier molecular flexibility index (Phi) is 7.25. The van der Waals surface area contributed by atoms with E-state index in [4.69, 9.17) is 0 Å². The number of carbonyl (C=O) groups is 1. The third kappa shape index (κ3) is 5.99. The molecule has 2 aromatic rings. The van der Waals surface area contributed by atoms with Gasteiger partial charge in [-0.05, 0) is 50.4 Å². The lowest BCUT2D eigenvalue weighted by Gasteiger charge is -2.22. The predicted molar refractivity (Wildman–Crippen MR) is 104 cm³/mol. The van der Waals surface area contributed by atoms with Gasteiger partial charge in [0.25, 0.3) is 0 Å². The molecule has 1 aromatic carbocycles. The molecule has 26 heavy (non-hydrogen) atoms. The first-order valence-corrected chi connectivity index (χ1v) is 9.83. The molecule has 0 N–H and O–H groups in total. The van der Waals surface area contributed by atoms with Crippen LogP contribution in [-0.4, -0.2) is 58.2 Å². The summed E-state index contributed by atoms with van der Waals surface area (Å²) < 4.78 is 1.89. The van der Waals surface area contributed by atoms with Crippen LogP contribution in [-0.2, 0) is 17.8 Å². The van der Waals surface area contributed by atoms with Crippen molar-refractivity contribution in [1.82, 2.24) is 19.6 Å². The van der Waals surface area contributed by atoms with Crippen LogP contribution in [0, 0.1) is 0 Å². The van der Waals surface area contributed by atoms with E-state index >= 15 is 0 Å². The van der Waals surface area contributed by atoms with Crippen molar-refractivity contribution in [2.75, 3.05) is 32.7 Å². The highest BCUT2D eigenvalue weighted by molar-refractivity contribution is 5.76. The minimum Gasteiger partial charge on any atom is -0.341 e. The summed E-state index contributed by atoms with van der Waals surface area (Å²) in [6.07, 6.45) is 8.60. The fourth-order valence-electron chi connectivity index (χ4n) is 3.58. The largest absolute Gasteiger partial charge is 0.341 e. The molecule has 3 rings (SSSR count). The van der Waals surface area contributed by atoms with Gasteiger partial charge in [0.05, 0.1) is 0 Å². The van der Waals surface area contributed by atoms with E-state index < -0.39 is 0 Å². The maximum atomic E-state index is 12.5. The second kappa shape index (κ2) is 10.1. The number of nitrogens with zero attached hydrogens (tertiary/aromatic N) is 4. The highest BCUT2D eigenvalue weighted by atomic mass is 16.2. The normalized spacial score (nSPS) is 15.8. The number of hydrogen-bond donors (Lipinski definition) is 0. The SMILES string of the molecule is O=C(CCCn1cccn1)N1CCCN(CCCc2ccccc2)CC1. The number of hydrogen-bond acceptors (Lipinski definition) is 3. The first-order valence-electron chi connectivity index (χ1n) is 9.83. The van der Waals surface area contributed by atoms with Crippen molar-refractivity contribution in [1.29, 1.82) is 0 Å². The lowest BCUT2D eigenvalue weighted by molar-refractivity contribution is -0.131. The Morgan fingerprint density at radius 3 is 2.65 bits per heavy atom. The molecular formula is C21H30N4O. The molecule has 1 aliphatic heterocycles. The van der Waals surface area contributed by atoms with Crippen molar-refractivity contribution in [3.8, 4) is 0 Å². The highest BCUT2D eigenvalue weighted by Gasteiger charge is 2.18. The monoisotopic (exact) mass is 354 g/mol. The fraction of sp³-hybridized carbons (Fsp3) is 0.524. The van der Waals surface area contributed by atoms with Gasteiger partial charge in [0.15, 0.2) is 0 Å². The van der Waals surface area contributed by atoms with Crippen LogP contribution >= 0.6 is 0 Å². The van der Waals surface area contributed by atoms with Gasteiger partial charge in [0.2, 0.25) is 5.91 Å². The molecule has 1 saturated heterocycles. The van der Waals surface area contributed by atoms with Crippen LogP contribution in [0.4, 0.5) is 0 Å². The molecule has 1 aliphatic rings. The zero-order chi connectivity index (χ0) is 18.0. The number of benzene rings is 1. The van der Waals surface area contributed by atoms with Crippen LogP contribution in [0.3, 0.4) is 0 Å². The molecule has 0 unspecified atom stereocenters. The average molecular weight is 354 g/mol. The highest BCUT2D eigenvalue weighted by Crippen LogP contribution is 2.09. The molecular weight excluding hydrogens is 324 g/mol. The molecule has 0 spiro atoms. The average Bonchev–Trinajstić information content (AvgIpc) is 3.07. The summed E-state index contributed by atoms with van der Waals surface area (Å²) in [6, 6.07) is 12.6. The fourth-order valence-corrected chi connectivity index (χ4v) is 3.58. The first kappa shape index (κ1) is 18.6. The summed E-state index contributed by atoms with van der Waals surface area (Å²) >= 11 is 0. The van der Waals surface area contributed by atoms with Gasteiger partial charge >= 0.3 is 0 Å². The number of aryl methyl sites for hydroxylation is 2. The van der Waals surface area contributed by atoms with E-state index in [1.165, 1.54) is 12.0 Å².